The van der Waals surface area contributed by atoms with Crippen LogP contribution < -0.4 is 5.32 Å². The fourth-order valence-electron chi connectivity index (χ4n) is 2.03. The summed E-state index contributed by atoms with van der Waals surface area (Å²) in [6.45, 7) is 3.93. The summed E-state index contributed by atoms with van der Waals surface area (Å²) in [4.78, 5) is 25.0. The molecule has 0 saturated carbocycles. The van der Waals surface area contributed by atoms with Gasteiger partial charge in [0.15, 0.2) is 0 Å². The number of likely N-dealkylation sites (N-methyl/N-ethyl adjacent to an activating group) is 1. The summed E-state index contributed by atoms with van der Waals surface area (Å²) < 4.78 is 0. The molecule has 1 N–H and O–H groups in total. The van der Waals surface area contributed by atoms with Crippen molar-refractivity contribution in [3.63, 3.8) is 0 Å². The van der Waals surface area contributed by atoms with Crippen LogP contribution in [0.3, 0.4) is 0 Å². The van der Waals surface area contributed by atoms with E-state index in [4.69, 9.17) is 0 Å². The molecule has 2 aromatic rings. The molecule has 0 saturated heterocycles. The highest BCUT2D eigenvalue weighted by molar-refractivity contribution is 5.86. The van der Waals surface area contributed by atoms with E-state index in [9.17, 15) is 4.79 Å². The molecule has 2 heterocycles. The van der Waals surface area contributed by atoms with E-state index in [0.29, 0.717) is 5.69 Å². The van der Waals surface area contributed by atoms with E-state index in [1.807, 2.05) is 50.2 Å². The Morgan fingerprint density at radius 2 is 1.95 bits per heavy atom. The molecule has 114 valence electrons. The monoisotopic (exact) mass is 296 g/mol. The van der Waals surface area contributed by atoms with Gasteiger partial charge in [0.05, 0.1) is 17.1 Å². The van der Waals surface area contributed by atoms with Crippen LogP contribution in [0.4, 0.5) is 0 Å². The average molecular weight is 296 g/mol. The van der Waals surface area contributed by atoms with Crippen molar-refractivity contribution in [1.82, 2.24) is 15.3 Å². The predicted molar refractivity (Wildman–Crippen MR) is 87.8 cm³/mol. The van der Waals surface area contributed by atoms with E-state index in [1.54, 1.807) is 19.5 Å². The van der Waals surface area contributed by atoms with Gasteiger partial charge >= 0.3 is 0 Å². The van der Waals surface area contributed by atoms with Gasteiger partial charge in [0.2, 0.25) is 5.91 Å². The van der Waals surface area contributed by atoms with Gasteiger partial charge < -0.3 is 5.32 Å². The Hall–Kier alpha value is -2.56. The van der Waals surface area contributed by atoms with Crippen LogP contribution >= 0.6 is 0 Å². The molecule has 1 atom stereocenters. The van der Waals surface area contributed by atoms with Crippen LogP contribution in [0.2, 0.25) is 0 Å². The van der Waals surface area contributed by atoms with E-state index in [0.717, 1.165) is 11.4 Å². The van der Waals surface area contributed by atoms with Gasteiger partial charge in [0, 0.05) is 19.5 Å². The summed E-state index contributed by atoms with van der Waals surface area (Å²) >= 11 is 0. The number of hydrogen-bond acceptors (Lipinski definition) is 4. The normalized spacial score (nSPS) is 12.5. The fraction of sp³-hybridized carbons (Fsp3) is 0.294. The lowest BCUT2D eigenvalue weighted by Crippen LogP contribution is -2.34. The Morgan fingerprint density at radius 3 is 2.59 bits per heavy atom. The topological polar surface area (TPSA) is 67.2 Å². The number of aromatic nitrogens is 2. The Kier molecular flexibility index (Phi) is 5.36. The number of nitrogens with one attached hydrogen (secondary N) is 1. The van der Waals surface area contributed by atoms with Gasteiger partial charge in [-0.3, -0.25) is 14.8 Å². The zero-order valence-electron chi connectivity index (χ0n) is 13.0. The Morgan fingerprint density at radius 1 is 1.18 bits per heavy atom. The number of pyridine rings is 2. The van der Waals surface area contributed by atoms with Gasteiger partial charge in [-0.15, -0.1) is 0 Å². The predicted octanol–water partition coefficient (Wildman–Crippen LogP) is 2.33. The van der Waals surface area contributed by atoms with E-state index in [-0.39, 0.29) is 11.8 Å². The minimum absolute atomic E-state index is 0.0906. The second-order valence-electron chi connectivity index (χ2n) is 5.24. The third-order valence-corrected chi connectivity index (χ3v) is 3.21. The van der Waals surface area contributed by atoms with Gasteiger partial charge in [0.1, 0.15) is 6.04 Å². The third-order valence-electron chi connectivity index (χ3n) is 3.21. The molecule has 5 nitrogen and oxygen atoms in total. The third kappa shape index (κ3) is 3.97. The Labute approximate surface area is 130 Å². The van der Waals surface area contributed by atoms with Crippen LogP contribution in [0.1, 0.15) is 19.5 Å². The van der Waals surface area contributed by atoms with Gasteiger partial charge in [-0.2, -0.15) is 0 Å². The van der Waals surface area contributed by atoms with Crippen molar-refractivity contribution in [2.45, 2.75) is 19.9 Å². The second-order valence-corrected chi connectivity index (χ2v) is 5.24. The molecule has 0 unspecified atom stereocenters. The standard InChI is InChI=1S/C17H20N4O/c1-12(2)16(17(22)18-3)20-11-13-7-6-9-15(21-13)14-8-4-5-10-19-14/h4-12,16H,1-3H3,(H,18,22)/t16-/m0/s1. The van der Waals surface area contributed by atoms with Crippen molar-refractivity contribution in [3.05, 3.63) is 48.3 Å². The van der Waals surface area contributed by atoms with Gasteiger partial charge in [0.25, 0.3) is 0 Å². The molecule has 5 heteroatoms. The molecule has 0 aliphatic heterocycles. The van der Waals surface area contributed by atoms with Crippen molar-refractivity contribution >= 4 is 12.1 Å². The molecule has 2 rings (SSSR count). The maximum Gasteiger partial charge on any atom is 0.244 e. The SMILES string of the molecule is CNC(=O)[C@@H](N=Cc1cccc(-c2ccccn2)n1)C(C)C. The van der Waals surface area contributed by atoms with E-state index < -0.39 is 6.04 Å². The number of amides is 1. The van der Waals surface area contributed by atoms with E-state index in [1.165, 1.54) is 0 Å². The summed E-state index contributed by atoms with van der Waals surface area (Å²) in [7, 11) is 1.62. The lowest BCUT2D eigenvalue weighted by atomic mass is 10.0. The first-order chi connectivity index (χ1) is 10.6. The molecule has 0 aromatic carbocycles. The van der Waals surface area contributed by atoms with Crippen molar-refractivity contribution in [1.29, 1.82) is 0 Å². The van der Waals surface area contributed by atoms with Crippen molar-refractivity contribution in [3.8, 4) is 11.4 Å². The fourth-order valence-corrected chi connectivity index (χ4v) is 2.03. The summed E-state index contributed by atoms with van der Waals surface area (Å²) in [6, 6.07) is 10.9. The molecule has 0 bridgehead atoms. The molecule has 0 spiro atoms. The highest BCUT2D eigenvalue weighted by Gasteiger charge is 2.19. The van der Waals surface area contributed by atoms with Crippen LogP contribution in [0.5, 0.6) is 0 Å². The van der Waals surface area contributed by atoms with Crippen molar-refractivity contribution in [2.24, 2.45) is 10.9 Å². The maximum atomic E-state index is 11.8. The van der Waals surface area contributed by atoms with Crippen LogP contribution in [-0.4, -0.2) is 35.2 Å². The van der Waals surface area contributed by atoms with E-state index in [2.05, 4.69) is 20.3 Å². The van der Waals surface area contributed by atoms with Crippen molar-refractivity contribution < 1.29 is 4.79 Å². The number of carbonyl (C=O) groups excluding carboxylic acids is 1. The number of aliphatic imine (C=N–C) groups is 1. The molecule has 2 aromatic heterocycles. The lowest BCUT2D eigenvalue weighted by molar-refractivity contribution is -0.122. The lowest BCUT2D eigenvalue weighted by Gasteiger charge is -2.14. The van der Waals surface area contributed by atoms with Crippen molar-refractivity contribution in [2.75, 3.05) is 7.05 Å². The average Bonchev–Trinajstić information content (AvgIpc) is 2.55. The molecule has 0 aliphatic rings. The minimum atomic E-state index is -0.412. The quantitative estimate of drug-likeness (QED) is 0.861. The maximum absolute atomic E-state index is 11.8. The highest BCUT2D eigenvalue weighted by atomic mass is 16.2. The zero-order chi connectivity index (χ0) is 15.9. The largest absolute Gasteiger partial charge is 0.357 e. The Balaban J connectivity index is 2.23. The first-order valence-corrected chi connectivity index (χ1v) is 7.25. The summed E-state index contributed by atoms with van der Waals surface area (Å²) in [5.74, 6) is 0.0299. The number of hydrogen-bond donors (Lipinski definition) is 1. The molecular weight excluding hydrogens is 276 g/mol. The minimum Gasteiger partial charge on any atom is -0.357 e. The molecule has 0 fully saturated rings. The molecular formula is C17H20N4O. The summed E-state index contributed by atoms with van der Waals surface area (Å²) in [6.07, 6.45) is 3.38. The van der Waals surface area contributed by atoms with Crippen LogP contribution in [0, 0.1) is 5.92 Å². The van der Waals surface area contributed by atoms with Gasteiger partial charge in [-0.05, 0) is 30.2 Å². The first kappa shape index (κ1) is 15.8. The van der Waals surface area contributed by atoms with Gasteiger partial charge in [-0.1, -0.05) is 26.0 Å². The molecule has 22 heavy (non-hydrogen) atoms. The second kappa shape index (κ2) is 7.45. The van der Waals surface area contributed by atoms with E-state index >= 15 is 0 Å². The summed E-state index contributed by atoms with van der Waals surface area (Å²) in [5.41, 5.74) is 2.30. The van der Waals surface area contributed by atoms with Crippen LogP contribution in [0.25, 0.3) is 11.4 Å². The number of carbonyl (C=O) groups is 1. The smallest absolute Gasteiger partial charge is 0.244 e. The number of nitrogens with zero attached hydrogens (tertiary/aromatic N) is 3. The Bertz CT molecular complexity index is 653. The molecule has 1 amide bonds. The zero-order valence-corrected chi connectivity index (χ0v) is 13.0. The van der Waals surface area contributed by atoms with Gasteiger partial charge in [-0.25, -0.2) is 4.98 Å². The molecule has 0 aliphatic carbocycles. The van der Waals surface area contributed by atoms with Crippen LogP contribution in [-0.2, 0) is 4.79 Å². The molecule has 0 radical (unpaired) electrons. The highest BCUT2D eigenvalue weighted by Crippen LogP contribution is 2.13. The number of rotatable bonds is 5. The first-order valence-electron chi connectivity index (χ1n) is 7.25. The summed E-state index contributed by atoms with van der Waals surface area (Å²) in [5, 5.41) is 2.64. The van der Waals surface area contributed by atoms with Crippen LogP contribution in [0.15, 0.2) is 47.6 Å².